The Morgan fingerprint density at radius 1 is 1.53 bits per heavy atom. The fraction of sp³-hybridized carbons (Fsp3) is 0.364. The van der Waals surface area contributed by atoms with Gasteiger partial charge in [0.2, 0.25) is 5.95 Å². The molecule has 5 N–H and O–H groups in total. The molecule has 1 atom stereocenters. The first kappa shape index (κ1) is 14.8. The highest BCUT2D eigenvalue weighted by molar-refractivity contribution is 5.93. The molecule has 7 nitrogen and oxygen atoms in total. The van der Waals surface area contributed by atoms with Gasteiger partial charge in [0, 0.05) is 12.0 Å². The van der Waals surface area contributed by atoms with Crippen molar-refractivity contribution < 1.29 is 23.8 Å². The van der Waals surface area contributed by atoms with Crippen LogP contribution in [-0.2, 0) is 11.2 Å². The van der Waals surface area contributed by atoms with Crippen LogP contribution in [0.5, 0.6) is 5.75 Å². The summed E-state index contributed by atoms with van der Waals surface area (Å²) in [5, 5.41) is 8.73. The van der Waals surface area contributed by atoms with E-state index in [0.29, 0.717) is 0 Å². The summed E-state index contributed by atoms with van der Waals surface area (Å²) in [4.78, 5) is 25.2. The smallest absolute Gasteiger partial charge is 0.320 e. The molecule has 0 radical (unpaired) electrons. The third kappa shape index (κ3) is 2.97. The van der Waals surface area contributed by atoms with E-state index in [-0.39, 0.29) is 29.0 Å². The maximum Gasteiger partial charge on any atom is 0.320 e. The summed E-state index contributed by atoms with van der Waals surface area (Å²) in [5.74, 6) is -3.17. The average Bonchev–Trinajstić information content (AvgIpc) is 2.33. The van der Waals surface area contributed by atoms with Crippen molar-refractivity contribution in [1.82, 2.24) is 4.98 Å². The lowest BCUT2D eigenvalue weighted by Crippen LogP contribution is -2.33. The molecule has 1 aromatic rings. The van der Waals surface area contributed by atoms with Crippen molar-refractivity contribution in [1.29, 1.82) is 0 Å². The Morgan fingerprint density at radius 3 is 2.53 bits per heavy atom. The molecule has 1 amide bonds. The Kier molecular flexibility index (Phi) is 4.38. The van der Waals surface area contributed by atoms with Gasteiger partial charge >= 0.3 is 5.97 Å². The van der Waals surface area contributed by atoms with Crippen LogP contribution < -0.4 is 16.2 Å². The molecule has 0 aliphatic carbocycles. The maximum atomic E-state index is 13.8. The number of aromatic nitrogens is 1. The van der Waals surface area contributed by atoms with E-state index in [1.165, 1.54) is 14.0 Å². The van der Waals surface area contributed by atoms with Crippen LogP contribution in [0.2, 0.25) is 0 Å². The SMILES string of the molecule is COc1c(C)c(C(N)=O)nc(F)c1CC(N)C(=O)O. The van der Waals surface area contributed by atoms with Gasteiger partial charge in [-0.15, -0.1) is 0 Å². The van der Waals surface area contributed by atoms with Crippen LogP contribution in [0.25, 0.3) is 0 Å². The molecule has 1 unspecified atom stereocenters. The third-order valence-electron chi connectivity index (χ3n) is 2.61. The van der Waals surface area contributed by atoms with Gasteiger partial charge in [-0.25, -0.2) is 4.98 Å². The number of hydrogen-bond acceptors (Lipinski definition) is 5. The van der Waals surface area contributed by atoms with Crippen LogP contribution >= 0.6 is 0 Å². The zero-order valence-corrected chi connectivity index (χ0v) is 10.4. The lowest BCUT2D eigenvalue weighted by atomic mass is 10.0. The molecular weight excluding hydrogens is 257 g/mol. The third-order valence-corrected chi connectivity index (χ3v) is 2.61. The molecule has 1 heterocycles. The lowest BCUT2D eigenvalue weighted by molar-refractivity contribution is -0.138. The zero-order valence-electron chi connectivity index (χ0n) is 10.4. The fourth-order valence-electron chi connectivity index (χ4n) is 1.68. The summed E-state index contributed by atoms with van der Waals surface area (Å²) in [6, 6.07) is -1.30. The number of carbonyl (C=O) groups is 2. The van der Waals surface area contributed by atoms with Gasteiger partial charge in [0.15, 0.2) is 0 Å². The molecule has 0 aliphatic heterocycles. The maximum absolute atomic E-state index is 13.8. The number of rotatable bonds is 5. The normalized spacial score (nSPS) is 12.0. The van der Waals surface area contributed by atoms with Crippen LogP contribution in [-0.4, -0.2) is 35.1 Å². The first-order valence-corrected chi connectivity index (χ1v) is 5.30. The highest BCUT2D eigenvalue weighted by Gasteiger charge is 2.24. The van der Waals surface area contributed by atoms with Gasteiger partial charge in [-0.2, -0.15) is 4.39 Å². The molecule has 0 saturated heterocycles. The van der Waals surface area contributed by atoms with E-state index < -0.39 is 23.9 Å². The monoisotopic (exact) mass is 271 g/mol. The number of carboxylic acid groups (broad SMARTS) is 1. The van der Waals surface area contributed by atoms with Crippen molar-refractivity contribution in [2.24, 2.45) is 11.5 Å². The molecular formula is C11H14FN3O4. The molecule has 104 valence electrons. The van der Waals surface area contributed by atoms with Crippen molar-refractivity contribution in [3.05, 3.63) is 22.8 Å². The summed E-state index contributed by atoms with van der Waals surface area (Å²) >= 11 is 0. The van der Waals surface area contributed by atoms with Gasteiger partial charge in [-0.3, -0.25) is 9.59 Å². The number of hydrogen-bond donors (Lipinski definition) is 3. The largest absolute Gasteiger partial charge is 0.496 e. The number of ether oxygens (including phenoxy) is 1. The highest BCUT2D eigenvalue weighted by atomic mass is 19.1. The van der Waals surface area contributed by atoms with Gasteiger partial charge in [0.1, 0.15) is 17.5 Å². The molecule has 0 fully saturated rings. The molecule has 0 bridgehead atoms. The Bertz CT molecular complexity index is 533. The summed E-state index contributed by atoms with van der Waals surface area (Å²) in [6.07, 6.45) is -0.308. The number of aliphatic carboxylic acids is 1. The molecule has 8 heteroatoms. The Labute approximate surface area is 108 Å². The van der Waals surface area contributed by atoms with Crippen LogP contribution in [0.4, 0.5) is 4.39 Å². The number of primary amides is 1. The molecule has 0 spiro atoms. The molecule has 0 saturated carbocycles. The van der Waals surface area contributed by atoms with Crippen molar-refractivity contribution in [3.63, 3.8) is 0 Å². The number of methoxy groups -OCH3 is 1. The predicted octanol–water partition coefficient (Wildman–Crippen LogP) is -0.409. The van der Waals surface area contributed by atoms with Crippen molar-refractivity contribution in [3.8, 4) is 5.75 Å². The van der Waals surface area contributed by atoms with E-state index in [9.17, 15) is 14.0 Å². The minimum absolute atomic E-state index is 0.0259. The van der Waals surface area contributed by atoms with Crippen molar-refractivity contribution in [2.45, 2.75) is 19.4 Å². The van der Waals surface area contributed by atoms with E-state index in [1.807, 2.05) is 0 Å². The van der Waals surface area contributed by atoms with Crippen molar-refractivity contribution >= 4 is 11.9 Å². The van der Waals surface area contributed by atoms with Gasteiger partial charge in [0.25, 0.3) is 5.91 Å². The second kappa shape index (κ2) is 5.61. The van der Waals surface area contributed by atoms with E-state index in [4.69, 9.17) is 21.3 Å². The first-order valence-electron chi connectivity index (χ1n) is 5.30. The van der Waals surface area contributed by atoms with E-state index in [2.05, 4.69) is 4.98 Å². The first-order chi connectivity index (χ1) is 8.79. The van der Waals surface area contributed by atoms with Crippen LogP contribution in [0.3, 0.4) is 0 Å². The number of nitrogens with two attached hydrogens (primary N) is 2. The summed E-state index contributed by atoms with van der Waals surface area (Å²) in [6.45, 7) is 1.47. The molecule has 0 aromatic carbocycles. The number of amides is 1. The Hall–Kier alpha value is -2.22. The number of nitrogens with zero attached hydrogens (tertiary/aromatic N) is 1. The predicted molar refractivity (Wildman–Crippen MR) is 63.3 cm³/mol. The average molecular weight is 271 g/mol. The van der Waals surface area contributed by atoms with Crippen molar-refractivity contribution in [2.75, 3.05) is 7.11 Å². The quantitative estimate of drug-likeness (QED) is 0.624. The van der Waals surface area contributed by atoms with Crippen LogP contribution in [0, 0.1) is 12.9 Å². The minimum atomic E-state index is -1.30. The zero-order chi connectivity index (χ0) is 14.7. The number of halogens is 1. The van der Waals surface area contributed by atoms with Crippen LogP contribution in [0.1, 0.15) is 21.6 Å². The Morgan fingerprint density at radius 2 is 2.11 bits per heavy atom. The fourth-order valence-corrected chi connectivity index (χ4v) is 1.68. The van der Waals surface area contributed by atoms with Gasteiger partial charge < -0.3 is 21.3 Å². The number of carbonyl (C=O) groups excluding carboxylic acids is 1. The summed E-state index contributed by atoms with van der Waals surface area (Å²) < 4.78 is 18.8. The molecule has 1 rings (SSSR count). The topological polar surface area (TPSA) is 129 Å². The second-order valence-corrected chi connectivity index (χ2v) is 3.90. The van der Waals surface area contributed by atoms with Crippen LogP contribution in [0.15, 0.2) is 0 Å². The lowest BCUT2D eigenvalue weighted by Gasteiger charge is -2.15. The Balaban J connectivity index is 3.36. The van der Waals surface area contributed by atoms with E-state index in [0.717, 1.165) is 0 Å². The second-order valence-electron chi connectivity index (χ2n) is 3.90. The molecule has 0 aliphatic rings. The van der Waals surface area contributed by atoms with E-state index in [1.54, 1.807) is 0 Å². The number of pyridine rings is 1. The molecule has 19 heavy (non-hydrogen) atoms. The highest BCUT2D eigenvalue weighted by Crippen LogP contribution is 2.28. The van der Waals surface area contributed by atoms with Gasteiger partial charge in [-0.05, 0) is 6.92 Å². The molecule has 1 aromatic heterocycles. The van der Waals surface area contributed by atoms with E-state index >= 15 is 0 Å². The van der Waals surface area contributed by atoms with Gasteiger partial charge in [-0.1, -0.05) is 0 Å². The van der Waals surface area contributed by atoms with Gasteiger partial charge in [0.05, 0.1) is 12.7 Å². The number of carboxylic acids is 1. The summed E-state index contributed by atoms with van der Waals surface area (Å²) in [5.41, 5.74) is 10.3. The minimum Gasteiger partial charge on any atom is -0.496 e. The standard InChI is InChI=1S/C11H14FN3O4/c1-4-7(10(14)16)15-9(12)5(8(4)19-2)3-6(13)11(17)18/h6H,3,13H2,1-2H3,(H2,14,16)(H,17,18). The summed E-state index contributed by atoms with van der Waals surface area (Å²) in [7, 11) is 1.27.